The topological polar surface area (TPSA) is 77.4 Å². The maximum atomic E-state index is 13.1. The molecule has 144 valence electrons. The van der Waals surface area contributed by atoms with Gasteiger partial charge in [0, 0.05) is 29.9 Å². The number of aromatic nitrogens is 1. The van der Waals surface area contributed by atoms with E-state index >= 15 is 0 Å². The number of hydrogen-bond acceptors (Lipinski definition) is 5. The summed E-state index contributed by atoms with van der Waals surface area (Å²) in [7, 11) is 1.54. The third-order valence-corrected chi connectivity index (χ3v) is 4.86. The second-order valence-corrected chi connectivity index (χ2v) is 6.89. The van der Waals surface area contributed by atoms with Gasteiger partial charge in [0.2, 0.25) is 0 Å². The van der Waals surface area contributed by atoms with Crippen LogP contribution in [-0.4, -0.2) is 22.7 Å². The molecular formula is C20H17FN2O4S. The number of fused-ring (bicyclic) bond motifs is 1. The summed E-state index contributed by atoms with van der Waals surface area (Å²) in [5.41, 5.74) is -0.0781. The fourth-order valence-corrected chi connectivity index (χ4v) is 3.24. The number of anilines is 1. The minimum absolute atomic E-state index is 0.0962. The molecule has 0 bridgehead atoms. The Labute approximate surface area is 164 Å². The number of thioether (sulfide) groups is 1. The van der Waals surface area contributed by atoms with Crippen LogP contribution in [0, 0.1) is 5.82 Å². The normalized spacial score (nSPS) is 10.7. The fraction of sp³-hybridized carbons (Fsp3) is 0.150. The van der Waals surface area contributed by atoms with Gasteiger partial charge in [-0.15, -0.1) is 11.8 Å². The number of halogens is 1. The van der Waals surface area contributed by atoms with E-state index in [-0.39, 0.29) is 11.3 Å². The summed E-state index contributed by atoms with van der Waals surface area (Å²) in [5, 5.41) is 3.01. The van der Waals surface area contributed by atoms with Gasteiger partial charge in [-0.25, -0.2) is 4.39 Å². The molecule has 0 saturated carbocycles. The molecule has 0 atom stereocenters. The molecule has 2 aromatic carbocycles. The van der Waals surface area contributed by atoms with E-state index in [9.17, 15) is 18.8 Å². The molecule has 0 aliphatic rings. The highest BCUT2D eigenvalue weighted by atomic mass is 32.2. The third kappa shape index (κ3) is 3.77. The molecule has 8 heteroatoms. The Morgan fingerprint density at radius 3 is 2.43 bits per heavy atom. The maximum Gasteiger partial charge on any atom is 0.308 e. The molecule has 1 amide bonds. The zero-order valence-electron chi connectivity index (χ0n) is 15.4. The SMILES string of the molecule is CSc1ccc2c(c1)c(OC(C)=O)c(C(=O)Nc1ccc(F)cc1)c(=O)n2C. The number of esters is 1. The van der Waals surface area contributed by atoms with Gasteiger partial charge in [0.15, 0.2) is 5.75 Å². The van der Waals surface area contributed by atoms with Gasteiger partial charge in [-0.2, -0.15) is 0 Å². The first-order valence-electron chi connectivity index (χ1n) is 8.28. The van der Waals surface area contributed by atoms with Gasteiger partial charge < -0.3 is 14.6 Å². The maximum absolute atomic E-state index is 13.1. The monoisotopic (exact) mass is 400 g/mol. The summed E-state index contributed by atoms with van der Waals surface area (Å²) in [5.74, 6) is -1.95. The Morgan fingerprint density at radius 2 is 1.82 bits per heavy atom. The highest BCUT2D eigenvalue weighted by Gasteiger charge is 2.24. The average Bonchev–Trinajstić information content (AvgIpc) is 2.67. The number of aryl methyl sites for hydroxylation is 1. The van der Waals surface area contributed by atoms with Crippen molar-refractivity contribution in [2.24, 2.45) is 7.05 Å². The number of pyridine rings is 1. The van der Waals surface area contributed by atoms with Crippen molar-refractivity contribution in [3.63, 3.8) is 0 Å². The number of benzene rings is 2. The zero-order chi connectivity index (χ0) is 20.4. The van der Waals surface area contributed by atoms with Gasteiger partial charge in [-0.1, -0.05) is 0 Å². The Bertz CT molecular complexity index is 1140. The van der Waals surface area contributed by atoms with Crippen molar-refractivity contribution in [3.8, 4) is 5.75 Å². The smallest absolute Gasteiger partial charge is 0.308 e. The molecule has 0 aliphatic heterocycles. The van der Waals surface area contributed by atoms with E-state index in [2.05, 4.69) is 5.32 Å². The van der Waals surface area contributed by atoms with Crippen molar-refractivity contribution in [3.05, 3.63) is 64.2 Å². The summed E-state index contributed by atoms with van der Waals surface area (Å²) in [6.07, 6.45) is 1.89. The number of carbonyl (C=O) groups is 2. The van der Waals surface area contributed by atoms with E-state index in [1.54, 1.807) is 12.1 Å². The number of amides is 1. The minimum atomic E-state index is -0.750. The van der Waals surface area contributed by atoms with Crippen LogP contribution in [0.3, 0.4) is 0 Å². The predicted molar refractivity (Wildman–Crippen MR) is 107 cm³/mol. The van der Waals surface area contributed by atoms with Crippen LogP contribution < -0.4 is 15.6 Å². The van der Waals surface area contributed by atoms with Crippen molar-refractivity contribution < 1.29 is 18.7 Å². The molecule has 1 aromatic heterocycles. The van der Waals surface area contributed by atoms with Gasteiger partial charge in [0.25, 0.3) is 11.5 Å². The number of ether oxygens (including phenoxy) is 1. The molecule has 0 aliphatic carbocycles. The Hall–Kier alpha value is -3.13. The predicted octanol–water partition coefficient (Wildman–Crippen LogP) is 3.58. The molecule has 0 unspecified atom stereocenters. The van der Waals surface area contributed by atoms with E-state index in [1.807, 2.05) is 12.3 Å². The fourth-order valence-electron chi connectivity index (χ4n) is 2.80. The van der Waals surface area contributed by atoms with Crippen LogP contribution in [0.4, 0.5) is 10.1 Å². The van der Waals surface area contributed by atoms with Gasteiger partial charge in [0.05, 0.1) is 5.52 Å². The van der Waals surface area contributed by atoms with E-state index in [0.29, 0.717) is 16.6 Å². The van der Waals surface area contributed by atoms with Crippen LogP contribution in [0.1, 0.15) is 17.3 Å². The number of carbonyl (C=O) groups excluding carboxylic acids is 2. The summed E-state index contributed by atoms with van der Waals surface area (Å²) < 4.78 is 19.7. The van der Waals surface area contributed by atoms with Gasteiger partial charge in [0.1, 0.15) is 11.4 Å². The zero-order valence-corrected chi connectivity index (χ0v) is 16.2. The van der Waals surface area contributed by atoms with E-state index in [0.717, 1.165) is 4.90 Å². The Kier molecular flexibility index (Phi) is 5.51. The molecule has 1 heterocycles. The molecule has 0 spiro atoms. The standard InChI is InChI=1S/C20H17FN2O4S/c1-11(24)27-18-15-10-14(28-3)8-9-16(15)23(2)20(26)17(18)19(25)22-13-6-4-12(21)5-7-13/h4-10H,1-3H3,(H,22,25). The van der Waals surface area contributed by atoms with E-state index in [4.69, 9.17) is 4.74 Å². The number of nitrogens with one attached hydrogen (secondary N) is 1. The van der Waals surface area contributed by atoms with Gasteiger partial charge >= 0.3 is 5.97 Å². The second-order valence-electron chi connectivity index (χ2n) is 6.01. The lowest BCUT2D eigenvalue weighted by molar-refractivity contribution is -0.131. The summed E-state index contributed by atoms with van der Waals surface area (Å²) in [4.78, 5) is 38.3. The lowest BCUT2D eigenvalue weighted by atomic mass is 10.1. The number of hydrogen-bond donors (Lipinski definition) is 1. The molecule has 3 aromatic rings. The lowest BCUT2D eigenvalue weighted by Gasteiger charge is -2.15. The molecule has 6 nitrogen and oxygen atoms in total. The molecular weight excluding hydrogens is 383 g/mol. The Morgan fingerprint density at radius 1 is 1.14 bits per heavy atom. The van der Waals surface area contributed by atoms with Gasteiger partial charge in [-0.3, -0.25) is 14.4 Å². The summed E-state index contributed by atoms with van der Waals surface area (Å²) in [6, 6.07) is 10.4. The number of nitrogens with zero attached hydrogens (tertiary/aromatic N) is 1. The largest absolute Gasteiger partial charge is 0.425 e. The van der Waals surface area contributed by atoms with Crippen LogP contribution in [0.25, 0.3) is 10.9 Å². The van der Waals surface area contributed by atoms with Crippen LogP contribution in [0.5, 0.6) is 5.75 Å². The highest BCUT2D eigenvalue weighted by Crippen LogP contribution is 2.31. The quantitative estimate of drug-likeness (QED) is 0.535. The van der Waals surface area contributed by atoms with Crippen molar-refractivity contribution in [2.75, 3.05) is 11.6 Å². The Balaban J connectivity index is 2.22. The first kappa shape index (κ1) is 19.6. The number of rotatable bonds is 4. The van der Waals surface area contributed by atoms with E-state index in [1.165, 1.54) is 54.6 Å². The molecule has 0 saturated heterocycles. The minimum Gasteiger partial charge on any atom is -0.425 e. The van der Waals surface area contributed by atoms with Crippen LogP contribution in [0.15, 0.2) is 52.2 Å². The second kappa shape index (κ2) is 7.85. The first-order valence-corrected chi connectivity index (χ1v) is 9.50. The first-order chi connectivity index (χ1) is 13.3. The van der Waals surface area contributed by atoms with Crippen molar-refractivity contribution in [1.82, 2.24) is 4.57 Å². The van der Waals surface area contributed by atoms with Crippen LogP contribution in [0.2, 0.25) is 0 Å². The van der Waals surface area contributed by atoms with Crippen LogP contribution >= 0.6 is 11.8 Å². The molecule has 3 rings (SSSR count). The van der Waals surface area contributed by atoms with E-state index < -0.39 is 23.3 Å². The van der Waals surface area contributed by atoms with Crippen molar-refractivity contribution >= 4 is 40.2 Å². The van der Waals surface area contributed by atoms with Crippen molar-refractivity contribution in [2.45, 2.75) is 11.8 Å². The molecule has 28 heavy (non-hydrogen) atoms. The molecule has 0 radical (unpaired) electrons. The average molecular weight is 400 g/mol. The van der Waals surface area contributed by atoms with Crippen LogP contribution in [-0.2, 0) is 11.8 Å². The lowest BCUT2D eigenvalue weighted by Crippen LogP contribution is -2.29. The molecule has 0 fully saturated rings. The van der Waals surface area contributed by atoms with Gasteiger partial charge in [-0.05, 0) is 48.7 Å². The van der Waals surface area contributed by atoms with Crippen molar-refractivity contribution in [1.29, 1.82) is 0 Å². The highest BCUT2D eigenvalue weighted by molar-refractivity contribution is 7.98. The summed E-state index contributed by atoms with van der Waals surface area (Å²) in [6.45, 7) is 1.20. The summed E-state index contributed by atoms with van der Waals surface area (Å²) >= 11 is 1.48. The molecule has 1 N–H and O–H groups in total. The third-order valence-electron chi connectivity index (χ3n) is 4.13.